The third-order valence-electron chi connectivity index (χ3n) is 4.63. The summed E-state index contributed by atoms with van der Waals surface area (Å²) in [5.41, 5.74) is 0.868. The Morgan fingerprint density at radius 2 is 1.85 bits per heavy atom. The Hall–Kier alpha value is -2.60. The quantitative estimate of drug-likeness (QED) is 0.795. The van der Waals surface area contributed by atoms with Gasteiger partial charge in [-0.1, -0.05) is 30.3 Å². The number of pyridine rings is 1. The molecule has 1 aliphatic heterocycles. The zero-order valence-corrected chi connectivity index (χ0v) is 15.0. The number of methoxy groups -OCH3 is 1. The van der Waals surface area contributed by atoms with Crippen LogP contribution in [0, 0.1) is 0 Å². The summed E-state index contributed by atoms with van der Waals surface area (Å²) in [5.74, 6) is 0.190. The number of carbonyl (C=O) groups excluding carboxylic acids is 1. The van der Waals surface area contributed by atoms with Gasteiger partial charge in [0.15, 0.2) is 5.75 Å². The van der Waals surface area contributed by atoms with Crippen molar-refractivity contribution in [2.45, 2.75) is 32.1 Å². The molecule has 6 heteroatoms. The van der Waals surface area contributed by atoms with Crippen molar-refractivity contribution in [2.24, 2.45) is 0 Å². The van der Waals surface area contributed by atoms with Gasteiger partial charge >= 0.3 is 0 Å². The highest BCUT2D eigenvalue weighted by molar-refractivity contribution is 5.76. The number of hydrogen-bond acceptors (Lipinski definition) is 4. The second kappa shape index (κ2) is 8.67. The molecule has 3 rings (SSSR count). The van der Waals surface area contributed by atoms with Gasteiger partial charge in [-0.05, 0) is 30.5 Å². The molecule has 0 unspecified atom stereocenters. The molecule has 0 saturated carbocycles. The molecule has 1 aromatic heterocycles. The molecule has 1 saturated heterocycles. The van der Waals surface area contributed by atoms with Crippen LogP contribution in [0.25, 0.3) is 0 Å². The van der Waals surface area contributed by atoms with Gasteiger partial charge in [0, 0.05) is 19.3 Å². The standard InChI is InChI=1S/C20H24N2O4/c1-25-18-8-5-11-22(20(18)24)14-19(23)21-12-9-17(10-13-21)26-15-16-6-3-2-4-7-16/h2-8,11,17H,9-10,12-15H2,1H3. The minimum Gasteiger partial charge on any atom is -0.491 e. The van der Waals surface area contributed by atoms with E-state index in [0.29, 0.717) is 19.7 Å². The molecule has 1 amide bonds. The fraction of sp³-hybridized carbons (Fsp3) is 0.400. The lowest BCUT2D eigenvalue weighted by Gasteiger charge is -2.32. The van der Waals surface area contributed by atoms with Crippen LogP contribution in [0.5, 0.6) is 5.75 Å². The van der Waals surface area contributed by atoms with Crippen LogP contribution in [0.1, 0.15) is 18.4 Å². The summed E-state index contributed by atoms with van der Waals surface area (Å²) in [7, 11) is 1.45. The van der Waals surface area contributed by atoms with E-state index in [9.17, 15) is 9.59 Å². The number of likely N-dealkylation sites (tertiary alicyclic amines) is 1. The lowest BCUT2D eigenvalue weighted by Crippen LogP contribution is -2.43. The summed E-state index contributed by atoms with van der Waals surface area (Å²) < 4.78 is 12.4. The average molecular weight is 356 g/mol. The van der Waals surface area contributed by atoms with E-state index in [1.54, 1.807) is 23.2 Å². The maximum Gasteiger partial charge on any atom is 0.293 e. The number of hydrogen-bond donors (Lipinski definition) is 0. The molecule has 0 atom stereocenters. The molecule has 2 aromatic rings. The van der Waals surface area contributed by atoms with Crippen molar-refractivity contribution in [1.82, 2.24) is 9.47 Å². The molecule has 0 bridgehead atoms. The molecule has 26 heavy (non-hydrogen) atoms. The van der Waals surface area contributed by atoms with E-state index in [1.807, 2.05) is 30.3 Å². The van der Waals surface area contributed by atoms with Crippen molar-refractivity contribution in [1.29, 1.82) is 0 Å². The zero-order chi connectivity index (χ0) is 18.4. The SMILES string of the molecule is COc1cccn(CC(=O)N2CCC(OCc3ccccc3)CC2)c1=O. The zero-order valence-electron chi connectivity index (χ0n) is 15.0. The Morgan fingerprint density at radius 1 is 1.12 bits per heavy atom. The Kier molecular flexibility index (Phi) is 6.07. The summed E-state index contributed by atoms with van der Waals surface area (Å²) in [6.45, 7) is 1.93. The Morgan fingerprint density at radius 3 is 2.54 bits per heavy atom. The van der Waals surface area contributed by atoms with Gasteiger partial charge in [0.05, 0.1) is 19.8 Å². The van der Waals surface area contributed by atoms with Gasteiger partial charge in [0.2, 0.25) is 5.91 Å². The summed E-state index contributed by atoms with van der Waals surface area (Å²) in [6, 6.07) is 13.4. The first-order chi connectivity index (χ1) is 12.7. The van der Waals surface area contributed by atoms with Gasteiger partial charge < -0.3 is 18.9 Å². The molecule has 2 heterocycles. The molecule has 0 N–H and O–H groups in total. The van der Waals surface area contributed by atoms with E-state index in [2.05, 4.69) is 0 Å². The predicted octanol–water partition coefficient (Wildman–Crippen LogP) is 2.06. The van der Waals surface area contributed by atoms with Crippen molar-refractivity contribution >= 4 is 5.91 Å². The molecule has 1 fully saturated rings. The first-order valence-corrected chi connectivity index (χ1v) is 8.84. The number of ether oxygens (including phenoxy) is 2. The lowest BCUT2D eigenvalue weighted by molar-refractivity contribution is -0.134. The number of amides is 1. The van der Waals surface area contributed by atoms with Crippen LogP contribution >= 0.6 is 0 Å². The van der Waals surface area contributed by atoms with E-state index in [-0.39, 0.29) is 29.9 Å². The molecule has 1 aromatic carbocycles. The summed E-state index contributed by atoms with van der Waals surface area (Å²) in [6.07, 6.45) is 3.40. The Balaban J connectivity index is 1.48. The summed E-state index contributed by atoms with van der Waals surface area (Å²) >= 11 is 0. The Bertz CT molecular complexity index is 780. The summed E-state index contributed by atoms with van der Waals surface area (Å²) in [5, 5.41) is 0. The largest absolute Gasteiger partial charge is 0.491 e. The maximum absolute atomic E-state index is 12.5. The molecule has 0 radical (unpaired) electrons. The van der Waals surface area contributed by atoms with Crippen LogP contribution in [-0.4, -0.2) is 41.7 Å². The van der Waals surface area contributed by atoms with Crippen LogP contribution in [0.2, 0.25) is 0 Å². The van der Waals surface area contributed by atoms with E-state index < -0.39 is 0 Å². The third-order valence-corrected chi connectivity index (χ3v) is 4.63. The van der Waals surface area contributed by atoms with Gasteiger partial charge in [-0.2, -0.15) is 0 Å². The van der Waals surface area contributed by atoms with Crippen LogP contribution in [0.15, 0.2) is 53.5 Å². The van der Waals surface area contributed by atoms with Crippen LogP contribution in [-0.2, 0) is 22.7 Å². The van der Waals surface area contributed by atoms with Gasteiger partial charge in [-0.15, -0.1) is 0 Å². The number of aromatic nitrogens is 1. The van der Waals surface area contributed by atoms with Crippen molar-refractivity contribution in [3.63, 3.8) is 0 Å². The Labute approximate surface area is 153 Å². The van der Waals surface area contributed by atoms with Gasteiger partial charge in [-0.25, -0.2) is 0 Å². The average Bonchev–Trinajstić information content (AvgIpc) is 2.69. The molecule has 6 nitrogen and oxygen atoms in total. The number of benzene rings is 1. The first-order valence-electron chi connectivity index (χ1n) is 8.84. The molecular weight excluding hydrogens is 332 g/mol. The highest BCUT2D eigenvalue weighted by atomic mass is 16.5. The van der Waals surface area contributed by atoms with E-state index >= 15 is 0 Å². The molecule has 138 valence electrons. The van der Waals surface area contributed by atoms with Gasteiger partial charge in [0.25, 0.3) is 5.56 Å². The van der Waals surface area contributed by atoms with Crippen LogP contribution < -0.4 is 10.3 Å². The van der Waals surface area contributed by atoms with Gasteiger partial charge in [-0.3, -0.25) is 9.59 Å². The number of piperidine rings is 1. The van der Waals surface area contributed by atoms with Crippen LogP contribution in [0.4, 0.5) is 0 Å². The molecule has 0 spiro atoms. The number of nitrogens with zero attached hydrogens (tertiary/aromatic N) is 2. The molecule has 1 aliphatic rings. The second-order valence-corrected chi connectivity index (χ2v) is 6.39. The second-order valence-electron chi connectivity index (χ2n) is 6.39. The van der Waals surface area contributed by atoms with E-state index in [0.717, 1.165) is 18.4 Å². The monoisotopic (exact) mass is 356 g/mol. The molecular formula is C20H24N2O4. The smallest absolute Gasteiger partial charge is 0.293 e. The normalized spacial score (nSPS) is 15.0. The highest BCUT2D eigenvalue weighted by Gasteiger charge is 2.23. The van der Waals surface area contributed by atoms with E-state index in [1.165, 1.54) is 11.7 Å². The minimum absolute atomic E-state index is 0.0333. The van der Waals surface area contributed by atoms with Crippen molar-refractivity contribution < 1.29 is 14.3 Å². The van der Waals surface area contributed by atoms with Crippen molar-refractivity contribution in [3.05, 3.63) is 64.6 Å². The third kappa shape index (κ3) is 4.52. The van der Waals surface area contributed by atoms with Crippen molar-refractivity contribution in [2.75, 3.05) is 20.2 Å². The number of rotatable bonds is 6. The minimum atomic E-state index is -0.288. The topological polar surface area (TPSA) is 60.8 Å². The number of carbonyl (C=O) groups is 1. The van der Waals surface area contributed by atoms with Crippen molar-refractivity contribution in [3.8, 4) is 5.75 Å². The maximum atomic E-state index is 12.5. The van der Waals surface area contributed by atoms with E-state index in [4.69, 9.17) is 9.47 Å². The predicted molar refractivity (Wildman–Crippen MR) is 98.1 cm³/mol. The van der Waals surface area contributed by atoms with Gasteiger partial charge in [0.1, 0.15) is 6.54 Å². The fourth-order valence-corrected chi connectivity index (χ4v) is 3.10. The highest BCUT2D eigenvalue weighted by Crippen LogP contribution is 2.16. The summed E-state index contributed by atoms with van der Waals surface area (Å²) in [4.78, 5) is 26.4. The lowest BCUT2D eigenvalue weighted by atomic mass is 10.1. The molecule has 0 aliphatic carbocycles. The first kappa shape index (κ1) is 18.2. The fourth-order valence-electron chi connectivity index (χ4n) is 3.10. The van der Waals surface area contributed by atoms with Crippen LogP contribution in [0.3, 0.4) is 0 Å².